The number of nitrogens with zero attached hydrogens (tertiary/aromatic N) is 3. The van der Waals surface area contributed by atoms with Gasteiger partial charge in [0.1, 0.15) is 5.75 Å². The Labute approximate surface area is 97.1 Å². The van der Waals surface area contributed by atoms with Gasteiger partial charge in [-0.1, -0.05) is 17.3 Å². The molecule has 6 nitrogen and oxygen atoms in total. The largest absolute Gasteiger partial charge is 0.508 e. The number of aliphatic carboxylic acids is 1. The Kier molecular flexibility index (Phi) is 3.04. The first-order valence-corrected chi connectivity index (χ1v) is 5.02. The van der Waals surface area contributed by atoms with Crippen molar-refractivity contribution in [2.24, 2.45) is 0 Å². The molecule has 0 saturated carbocycles. The van der Waals surface area contributed by atoms with Gasteiger partial charge in [0.2, 0.25) is 0 Å². The number of phenolic OH excluding ortho intramolecular Hbond substituents is 1. The van der Waals surface area contributed by atoms with Crippen molar-refractivity contribution in [1.29, 1.82) is 0 Å². The first-order valence-electron chi connectivity index (χ1n) is 5.02. The first kappa shape index (κ1) is 11.1. The predicted molar refractivity (Wildman–Crippen MR) is 58.6 cm³/mol. The fraction of sp³-hybridized carbons (Fsp3) is 0.182. The first-order chi connectivity index (χ1) is 8.13. The number of aromatic nitrogens is 3. The zero-order valence-electron chi connectivity index (χ0n) is 8.95. The van der Waals surface area contributed by atoms with Crippen LogP contribution < -0.4 is 0 Å². The minimum absolute atomic E-state index is 0.129. The molecule has 0 saturated heterocycles. The van der Waals surface area contributed by atoms with E-state index in [1.807, 2.05) is 0 Å². The van der Waals surface area contributed by atoms with Crippen LogP contribution >= 0.6 is 0 Å². The summed E-state index contributed by atoms with van der Waals surface area (Å²) in [6, 6.07) is 6.72. The van der Waals surface area contributed by atoms with Crippen molar-refractivity contribution >= 4 is 5.97 Å². The molecular weight excluding hydrogens is 222 g/mol. The number of phenols is 1. The van der Waals surface area contributed by atoms with Gasteiger partial charge >= 0.3 is 5.97 Å². The normalized spacial score (nSPS) is 10.4. The van der Waals surface area contributed by atoms with Crippen molar-refractivity contribution in [3.63, 3.8) is 0 Å². The third-order valence-electron chi connectivity index (χ3n) is 2.20. The number of carboxylic acids is 1. The monoisotopic (exact) mass is 233 g/mol. The van der Waals surface area contributed by atoms with E-state index in [1.54, 1.807) is 35.1 Å². The Bertz CT molecular complexity index is 519. The van der Waals surface area contributed by atoms with Crippen molar-refractivity contribution in [3.05, 3.63) is 41.7 Å². The smallest absolute Gasteiger partial charge is 0.309 e. The van der Waals surface area contributed by atoms with Crippen LogP contribution in [0.1, 0.15) is 11.3 Å². The van der Waals surface area contributed by atoms with Crippen LogP contribution in [0.5, 0.6) is 5.75 Å². The lowest BCUT2D eigenvalue weighted by molar-refractivity contribution is -0.136. The highest BCUT2D eigenvalue weighted by atomic mass is 16.4. The number of carboxylic acid groups (broad SMARTS) is 1. The zero-order valence-corrected chi connectivity index (χ0v) is 8.95. The van der Waals surface area contributed by atoms with Gasteiger partial charge in [0.05, 0.1) is 18.7 Å². The van der Waals surface area contributed by atoms with E-state index in [4.69, 9.17) is 10.2 Å². The maximum atomic E-state index is 10.5. The quantitative estimate of drug-likeness (QED) is 0.809. The minimum atomic E-state index is -0.929. The third-order valence-corrected chi connectivity index (χ3v) is 2.20. The molecule has 0 aliphatic heterocycles. The minimum Gasteiger partial charge on any atom is -0.508 e. The highest BCUT2D eigenvalue weighted by Gasteiger charge is 2.05. The van der Waals surface area contributed by atoms with Crippen LogP contribution in [0.3, 0.4) is 0 Å². The Balaban J connectivity index is 2.06. The summed E-state index contributed by atoms with van der Waals surface area (Å²) >= 11 is 0. The van der Waals surface area contributed by atoms with E-state index in [-0.39, 0.29) is 12.2 Å². The molecule has 0 bridgehead atoms. The molecule has 0 aliphatic carbocycles. The summed E-state index contributed by atoms with van der Waals surface area (Å²) in [5.74, 6) is -0.722. The Hall–Kier alpha value is -2.37. The second-order valence-electron chi connectivity index (χ2n) is 3.64. The van der Waals surface area contributed by atoms with Crippen LogP contribution in [0.2, 0.25) is 0 Å². The van der Waals surface area contributed by atoms with E-state index in [0.29, 0.717) is 12.2 Å². The molecule has 6 heteroatoms. The molecule has 1 heterocycles. The van der Waals surface area contributed by atoms with Crippen LogP contribution in [-0.4, -0.2) is 31.2 Å². The molecule has 17 heavy (non-hydrogen) atoms. The molecule has 0 unspecified atom stereocenters. The average Bonchev–Trinajstić information content (AvgIpc) is 2.68. The SMILES string of the molecule is O=C(O)Cc1cn(Cc2ccc(O)cc2)nn1. The van der Waals surface area contributed by atoms with E-state index in [2.05, 4.69) is 10.3 Å². The second-order valence-corrected chi connectivity index (χ2v) is 3.64. The lowest BCUT2D eigenvalue weighted by Crippen LogP contribution is -2.00. The van der Waals surface area contributed by atoms with Crippen LogP contribution in [0, 0.1) is 0 Å². The van der Waals surface area contributed by atoms with Gasteiger partial charge in [0, 0.05) is 6.20 Å². The van der Waals surface area contributed by atoms with E-state index < -0.39 is 5.97 Å². The molecule has 1 aromatic carbocycles. The van der Waals surface area contributed by atoms with Crippen molar-refractivity contribution < 1.29 is 15.0 Å². The van der Waals surface area contributed by atoms with Gasteiger partial charge in [-0.3, -0.25) is 4.79 Å². The van der Waals surface area contributed by atoms with E-state index in [1.165, 1.54) is 0 Å². The van der Waals surface area contributed by atoms with Gasteiger partial charge in [-0.2, -0.15) is 0 Å². The number of aromatic hydroxyl groups is 1. The third kappa shape index (κ3) is 3.04. The van der Waals surface area contributed by atoms with E-state index >= 15 is 0 Å². The number of hydrogen-bond donors (Lipinski definition) is 2. The fourth-order valence-electron chi connectivity index (χ4n) is 1.44. The van der Waals surface area contributed by atoms with E-state index in [9.17, 15) is 4.79 Å². The molecule has 2 aromatic rings. The van der Waals surface area contributed by atoms with Gasteiger partial charge in [-0.15, -0.1) is 5.10 Å². The molecule has 2 rings (SSSR count). The topological polar surface area (TPSA) is 88.2 Å². The molecule has 0 aliphatic rings. The maximum Gasteiger partial charge on any atom is 0.309 e. The van der Waals surface area contributed by atoms with Gasteiger partial charge in [-0.05, 0) is 17.7 Å². The summed E-state index contributed by atoms with van der Waals surface area (Å²) in [6.07, 6.45) is 1.47. The van der Waals surface area contributed by atoms with Gasteiger partial charge in [0.25, 0.3) is 0 Å². The summed E-state index contributed by atoms with van der Waals surface area (Å²) < 4.78 is 1.56. The Morgan fingerprint density at radius 1 is 1.29 bits per heavy atom. The second kappa shape index (κ2) is 4.65. The zero-order chi connectivity index (χ0) is 12.3. The highest BCUT2D eigenvalue weighted by molar-refractivity contribution is 5.69. The fourth-order valence-corrected chi connectivity index (χ4v) is 1.44. The van der Waals surface area contributed by atoms with Crippen LogP contribution in [-0.2, 0) is 17.8 Å². The molecule has 88 valence electrons. The van der Waals surface area contributed by atoms with Crippen molar-refractivity contribution in [2.45, 2.75) is 13.0 Å². The molecule has 2 N–H and O–H groups in total. The molecular formula is C11H11N3O3. The van der Waals surface area contributed by atoms with Crippen LogP contribution in [0.25, 0.3) is 0 Å². The number of benzene rings is 1. The molecule has 1 aromatic heterocycles. The molecule has 0 fully saturated rings. The Morgan fingerprint density at radius 2 is 2.00 bits per heavy atom. The summed E-state index contributed by atoms with van der Waals surface area (Å²) in [5.41, 5.74) is 1.38. The van der Waals surface area contributed by atoms with Crippen molar-refractivity contribution in [3.8, 4) is 5.75 Å². The maximum absolute atomic E-state index is 10.5. The average molecular weight is 233 g/mol. The molecule has 0 spiro atoms. The lowest BCUT2D eigenvalue weighted by atomic mass is 10.2. The standard InChI is InChI=1S/C11H11N3O3/c15-10-3-1-8(2-4-10)6-14-7-9(12-13-14)5-11(16)17/h1-4,7,15H,5-6H2,(H,16,17). The lowest BCUT2D eigenvalue weighted by Gasteiger charge is -2.00. The summed E-state index contributed by atoms with van der Waals surface area (Å²) in [4.78, 5) is 10.5. The number of carbonyl (C=O) groups is 1. The Morgan fingerprint density at radius 3 is 2.65 bits per heavy atom. The molecule has 0 radical (unpaired) electrons. The molecule has 0 atom stereocenters. The van der Waals surface area contributed by atoms with Crippen LogP contribution in [0.15, 0.2) is 30.5 Å². The van der Waals surface area contributed by atoms with Gasteiger partial charge in [-0.25, -0.2) is 4.68 Å². The predicted octanol–water partition coefficient (Wildman–Crippen LogP) is 0.659. The van der Waals surface area contributed by atoms with Gasteiger partial charge in [0.15, 0.2) is 0 Å². The summed E-state index contributed by atoms with van der Waals surface area (Å²) in [5, 5.41) is 25.3. The van der Waals surface area contributed by atoms with E-state index in [0.717, 1.165) is 5.56 Å². The summed E-state index contributed by atoms with van der Waals surface area (Å²) in [7, 11) is 0. The highest BCUT2D eigenvalue weighted by Crippen LogP contribution is 2.10. The van der Waals surface area contributed by atoms with Gasteiger partial charge < -0.3 is 10.2 Å². The number of rotatable bonds is 4. The van der Waals surface area contributed by atoms with Crippen LogP contribution in [0.4, 0.5) is 0 Å². The molecule has 0 amide bonds. The summed E-state index contributed by atoms with van der Waals surface area (Å²) in [6.45, 7) is 0.493. The number of hydrogen-bond acceptors (Lipinski definition) is 4. The van der Waals surface area contributed by atoms with Crippen molar-refractivity contribution in [2.75, 3.05) is 0 Å². The van der Waals surface area contributed by atoms with Crippen molar-refractivity contribution in [1.82, 2.24) is 15.0 Å².